The smallest absolute Gasteiger partial charge is 0.479 e. The van der Waals surface area contributed by atoms with Gasteiger partial charge in [0.1, 0.15) is 11.4 Å². The predicted molar refractivity (Wildman–Crippen MR) is 123 cm³/mol. The fourth-order valence-electron chi connectivity index (χ4n) is 3.10. The first-order chi connectivity index (χ1) is 16.2. The van der Waals surface area contributed by atoms with Crippen LogP contribution in [0.2, 0.25) is 0 Å². The van der Waals surface area contributed by atoms with Gasteiger partial charge in [-0.25, -0.2) is 4.99 Å². The van der Waals surface area contributed by atoms with E-state index < -0.39 is 6.36 Å². The van der Waals surface area contributed by atoms with Crippen molar-refractivity contribution in [3.63, 3.8) is 0 Å². The Morgan fingerprint density at radius 2 is 1.91 bits per heavy atom. The first-order valence-electron chi connectivity index (χ1n) is 10.6. The molecule has 180 valence electrons. The molecular weight excluding hydrogens is 447 g/mol. The summed E-state index contributed by atoms with van der Waals surface area (Å²) in [6.45, 7) is 9.98. The molecule has 0 bridgehead atoms. The fraction of sp³-hybridized carbons (Fsp3) is 0.292. The maximum absolute atomic E-state index is 12.3. The quantitative estimate of drug-likeness (QED) is 0.360. The van der Waals surface area contributed by atoms with Crippen molar-refractivity contribution in [2.24, 2.45) is 4.99 Å². The summed E-state index contributed by atoms with van der Waals surface area (Å²) in [5, 5.41) is 7.82. The van der Waals surface area contributed by atoms with Crippen LogP contribution in [-0.2, 0) is 17.8 Å². The summed E-state index contributed by atoms with van der Waals surface area (Å²) >= 11 is 0. The molecule has 3 rings (SSSR count). The molecule has 0 aliphatic carbocycles. The van der Waals surface area contributed by atoms with Crippen LogP contribution in [0.3, 0.4) is 0 Å². The van der Waals surface area contributed by atoms with Crippen LogP contribution >= 0.6 is 0 Å². The number of hydrogen-bond donors (Lipinski definition) is 1. The molecule has 0 fully saturated rings. The molecule has 0 atom stereocenters. The summed E-state index contributed by atoms with van der Waals surface area (Å²) in [7, 11) is 1.47. The average Bonchev–Trinajstić information content (AvgIpc) is 3.16. The number of benzene rings is 1. The molecule has 0 saturated heterocycles. The number of nitrogens with one attached hydrogen (secondary N) is 1. The van der Waals surface area contributed by atoms with E-state index in [0.717, 1.165) is 30.0 Å². The van der Waals surface area contributed by atoms with E-state index in [9.17, 15) is 13.2 Å². The van der Waals surface area contributed by atoms with Gasteiger partial charge >= 0.3 is 6.36 Å². The van der Waals surface area contributed by atoms with Crippen molar-refractivity contribution in [1.82, 2.24) is 20.1 Å². The van der Waals surface area contributed by atoms with Crippen LogP contribution in [0, 0.1) is 6.92 Å². The van der Waals surface area contributed by atoms with Gasteiger partial charge in [0.15, 0.2) is 0 Å². The average molecular weight is 473 g/mol. The second-order valence-electron chi connectivity index (χ2n) is 7.41. The van der Waals surface area contributed by atoms with Gasteiger partial charge in [0, 0.05) is 18.4 Å². The normalized spacial score (nSPS) is 12.0. The van der Waals surface area contributed by atoms with E-state index in [1.54, 1.807) is 0 Å². The predicted octanol–water partition coefficient (Wildman–Crippen LogP) is 4.71. The standard InChI is InChI=1S/C24H26F3N5O2/c1-5-28-14-20-9-6-18(13-29-20)15-32-16(2)12-22(31-32)23(33-4)30-17(3)19-7-10-21(11-8-19)34-24(25,26)27/h6-13,28H,3,5,14-15H2,1-2,4H3. The molecule has 34 heavy (non-hydrogen) atoms. The molecular formula is C24H26F3N5O2. The van der Waals surface area contributed by atoms with Crippen LogP contribution in [-0.4, -0.2) is 40.7 Å². The summed E-state index contributed by atoms with van der Waals surface area (Å²) in [5.41, 5.74) is 4.20. The lowest BCUT2D eigenvalue weighted by atomic mass is 10.2. The van der Waals surface area contributed by atoms with Crippen molar-refractivity contribution < 1.29 is 22.6 Å². The second-order valence-corrected chi connectivity index (χ2v) is 7.41. The van der Waals surface area contributed by atoms with E-state index in [4.69, 9.17) is 4.74 Å². The number of pyridine rings is 1. The largest absolute Gasteiger partial charge is 0.573 e. The zero-order valence-electron chi connectivity index (χ0n) is 19.2. The number of alkyl halides is 3. The summed E-state index contributed by atoms with van der Waals surface area (Å²) in [5.74, 6) is -0.0832. The zero-order valence-corrected chi connectivity index (χ0v) is 19.2. The second kappa shape index (κ2) is 11.0. The lowest BCUT2D eigenvalue weighted by molar-refractivity contribution is -0.274. The van der Waals surface area contributed by atoms with Crippen molar-refractivity contribution in [1.29, 1.82) is 0 Å². The van der Waals surface area contributed by atoms with Crippen LogP contribution in [0.1, 0.15) is 35.1 Å². The van der Waals surface area contributed by atoms with Gasteiger partial charge in [-0.3, -0.25) is 9.67 Å². The topological polar surface area (TPSA) is 73.6 Å². The molecule has 2 heterocycles. The lowest BCUT2D eigenvalue weighted by Gasteiger charge is -2.09. The number of aromatic nitrogens is 3. The minimum atomic E-state index is -4.75. The van der Waals surface area contributed by atoms with Crippen LogP contribution in [0.4, 0.5) is 13.2 Å². The monoisotopic (exact) mass is 473 g/mol. The van der Waals surface area contributed by atoms with E-state index in [2.05, 4.69) is 31.7 Å². The van der Waals surface area contributed by atoms with Crippen LogP contribution < -0.4 is 10.1 Å². The van der Waals surface area contributed by atoms with Gasteiger partial charge in [-0.15, -0.1) is 13.2 Å². The Kier molecular flexibility index (Phi) is 8.06. The Morgan fingerprint density at radius 3 is 2.50 bits per heavy atom. The third-order valence-electron chi connectivity index (χ3n) is 4.83. The number of methoxy groups -OCH3 is 1. The fourth-order valence-corrected chi connectivity index (χ4v) is 3.10. The molecule has 0 unspecified atom stereocenters. The van der Waals surface area contributed by atoms with Gasteiger partial charge in [0.25, 0.3) is 0 Å². The number of halogens is 3. The lowest BCUT2D eigenvalue weighted by Crippen LogP contribution is -2.17. The molecule has 1 N–H and O–H groups in total. The first-order valence-corrected chi connectivity index (χ1v) is 10.6. The van der Waals surface area contributed by atoms with Crippen LogP contribution in [0.15, 0.2) is 60.2 Å². The van der Waals surface area contributed by atoms with Crippen molar-refractivity contribution in [2.75, 3.05) is 13.7 Å². The van der Waals surface area contributed by atoms with Gasteiger partial charge < -0.3 is 14.8 Å². The Balaban J connectivity index is 1.73. The molecule has 0 amide bonds. The Labute approximate surface area is 196 Å². The molecule has 0 spiro atoms. The summed E-state index contributed by atoms with van der Waals surface area (Å²) in [4.78, 5) is 8.85. The van der Waals surface area contributed by atoms with E-state index in [-0.39, 0.29) is 11.6 Å². The highest BCUT2D eigenvalue weighted by atomic mass is 19.4. The Bertz CT molecular complexity index is 1140. The van der Waals surface area contributed by atoms with E-state index in [1.165, 1.54) is 31.4 Å². The van der Waals surface area contributed by atoms with Crippen molar-refractivity contribution in [3.8, 4) is 5.75 Å². The Hall–Kier alpha value is -3.66. The van der Waals surface area contributed by atoms with E-state index in [1.807, 2.05) is 42.9 Å². The van der Waals surface area contributed by atoms with Crippen LogP contribution in [0.25, 0.3) is 5.70 Å². The van der Waals surface area contributed by atoms with Crippen molar-refractivity contribution >= 4 is 11.6 Å². The molecule has 3 aromatic rings. The minimum absolute atomic E-state index is 0.238. The van der Waals surface area contributed by atoms with Gasteiger partial charge in [-0.1, -0.05) is 19.6 Å². The van der Waals surface area contributed by atoms with E-state index >= 15 is 0 Å². The van der Waals surface area contributed by atoms with Gasteiger partial charge in [0.05, 0.1) is 25.0 Å². The third kappa shape index (κ3) is 6.92. The molecule has 0 radical (unpaired) electrons. The summed E-state index contributed by atoms with van der Waals surface area (Å²) in [6, 6.07) is 11.1. The molecule has 7 nitrogen and oxygen atoms in total. The number of nitrogens with zero attached hydrogens (tertiary/aromatic N) is 4. The summed E-state index contributed by atoms with van der Waals surface area (Å²) in [6.07, 6.45) is -2.92. The van der Waals surface area contributed by atoms with Crippen LogP contribution in [0.5, 0.6) is 5.75 Å². The van der Waals surface area contributed by atoms with Gasteiger partial charge in [0.2, 0.25) is 5.90 Å². The van der Waals surface area contributed by atoms with Crippen molar-refractivity contribution in [2.45, 2.75) is 33.3 Å². The number of hydrogen-bond acceptors (Lipinski definition) is 6. The van der Waals surface area contributed by atoms with Crippen molar-refractivity contribution in [3.05, 3.63) is 83.4 Å². The number of rotatable bonds is 9. The van der Waals surface area contributed by atoms with Gasteiger partial charge in [-0.05, 0) is 61.0 Å². The van der Waals surface area contributed by atoms with E-state index in [0.29, 0.717) is 23.5 Å². The third-order valence-corrected chi connectivity index (χ3v) is 4.83. The highest BCUT2D eigenvalue weighted by Gasteiger charge is 2.31. The molecule has 2 aromatic heterocycles. The minimum Gasteiger partial charge on any atom is -0.479 e. The molecule has 10 heteroatoms. The molecule has 0 saturated carbocycles. The molecule has 0 aliphatic rings. The highest BCUT2D eigenvalue weighted by Crippen LogP contribution is 2.25. The highest BCUT2D eigenvalue weighted by molar-refractivity contribution is 5.95. The maximum Gasteiger partial charge on any atom is 0.573 e. The Morgan fingerprint density at radius 1 is 1.18 bits per heavy atom. The zero-order chi connectivity index (χ0) is 24.7. The number of aryl methyl sites for hydroxylation is 1. The number of aliphatic imine (C=N–C) groups is 1. The molecule has 1 aromatic carbocycles. The maximum atomic E-state index is 12.3. The molecule has 0 aliphatic heterocycles. The first kappa shape index (κ1) is 25.0. The van der Waals surface area contributed by atoms with Gasteiger partial charge in [-0.2, -0.15) is 5.10 Å². The SMILES string of the molecule is C=C(N=C(OC)c1cc(C)n(Cc2ccc(CNCC)nc2)n1)c1ccc(OC(F)(F)F)cc1. The number of ether oxygens (including phenoxy) is 2. The summed E-state index contributed by atoms with van der Waals surface area (Å²) < 4.78 is 48.2.